The van der Waals surface area contributed by atoms with Gasteiger partial charge in [0.15, 0.2) is 0 Å². The van der Waals surface area contributed by atoms with Crippen LogP contribution in [0.25, 0.3) is 0 Å². The van der Waals surface area contributed by atoms with Crippen molar-refractivity contribution in [2.24, 2.45) is 5.73 Å². The molecule has 3 nitrogen and oxygen atoms in total. The van der Waals surface area contributed by atoms with Crippen LogP contribution < -0.4 is 10.5 Å². The molecule has 0 aliphatic heterocycles. The van der Waals surface area contributed by atoms with Crippen LogP contribution in [0.5, 0.6) is 5.75 Å². The summed E-state index contributed by atoms with van der Waals surface area (Å²) in [4.78, 5) is 0. The van der Waals surface area contributed by atoms with Gasteiger partial charge in [-0.05, 0) is 31.0 Å². The molecule has 0 spiro atoms. The van der Waals surface area contributed by atoms with Gasteiger partial charge in [-0.2, -0.15) is 5.26 Å². The molecule has 0 unspecified atom stereocenters. The third-order valence-electron chi connectivity index (χ3n) is 2.47. The van der Waals surface area contributed by atoms with Crippen molar-refractivity contribution in [3.63, 3.8) is 0 Å². The third-order valence-corrected chi connectivity index (χ3v) is 2.47. The van der Waals surface area contributed by atoms with Gasteiger partial charge >= 0.3 is 0 Å². The summed E-state index contributed by atoms with van der Waals surface area (Å²) in [7, 11) is 0. The number of hydrogen-bond donors (Lipinski definition) is 1. The van der Waals surface area contributed by atoms with E-state index in [2.05, 4.69) is 0 Å². The molecule has 1 aliphatic rings. The van der Waals surface area contributed by atoms with Gasteiger partial charge < -0.3 is 10.5 Å². The van der Waals surface area contributed by atoms with Gasteiger partial charge in [-0.25, -0.2) is 4.39 Å². The lowest BCUT2D eigenvalue weighted by Gasteiger charge is -2.11. The van der Waals surface area contributed by atoms with Crippen molar-refractivity contribution >= 4 is 12.4 Å². The second-order valence-corrected chi connectivity index (χ2v) is 3.90. The molecule has 0 amide bonds. The van der Waals surface area contributed by atoms with Crippen LogP contribution in [0, 0.1) is 17.1 Å². The van der Waals surface area contributed by atoms with E-state index in [0.717, 1.165) is 18.9 Å². The maximum absolute atomic E-state index is 12.8. The molecule has 0 radical (unpaired) electrons. The van der Waals surface area contributed by atoms with Gasteiger partial charge in [0.05, 0.1) is 11.1 Å². The zero-order valence-electron chi connectivity index (χ0n) is 8.57. The number of rotatable bonds is 3. The molecule has 0 aromatic heterocycles. The van der Waals surface area contributed by atoms with Crippen LogP contribution >= 0.6 is 12.4 Å². The lowest BCUT2D eigenvalue weighted by atomic mass is 10.2. The Morgan fingerprint density at radius 2 is 2.19 bits per heavy atom. The second kappa shape index (κ2) is 4.69. The van der Waals surface area contributed by atoms with Crippen LogP contribution in [0.4, 0.5) is 4.39 Å². The van der Waals surface area contributed by atoms with Crippen LogP contribution in [0.2, 0.25) is 0 Å². The average molecular weight is 243 g/mol. The maximum Gasteiger partial charge on any atom is 0.137 e. The van der Waals surface area contributed by atoms with E-state index in [-0.39, 0.29) is 23.5 Å². The van der Waals surface area contributed by atoms with Crippen molar-refractivity contribution in [2.75, 3.05) is 6.61 Å². The van der Waals surface area contributed by atoms with Crippen LogP contribution in [0.15, 0.2) is 18.2 Å². The van der Waals surface area contributed by atoms with E-state index >= 15 is 0 Å². The molecule has 1 aromatic carbocycles. The van der Waals surface area contributed by atoms with E-state index in [1.807, 2.05) is 6.07 Å². The van der Waals surface area contributed by atoms with Crippen molar-refractivity contribution in [1.29, 1.82) is 5.26 Å². The Morgan fingerprint density at radius 3 is 2.75 bits per heavy atom. The fourth-order valence-electron chi connectivity index (χ4n) is 1.24. The maximum atomic E-state index is 12.8. The Kier molecular flexibility index (Phi) is 3.74. The molecule has 0 bridgehead atoms. The normalized spacial score (nSPS) is 15.8. The summed E-state index contributed by atoms with van der Waals surface area (Å²) in [5.74, 6) is -0.0385. The van der Waals surface area contributed by atoms with Crippen molar-refractivity contribution in [3.05, 3.63) is 29.6 Å². The third kappa shape index (κ3) is 2.84. The van der Waals surface area contributed by atoms with E-state index in [1.165, 1.54) is 12.1 Å². The highest BCUT2D eigenvalue weighted by Gasteiger charge is 2.39. The van der Waals surface area contributed by atoms with Gasteiger partial charge in [0.1, 0.15) is 24.2 Å². The van der Waals surface area contributed by atoms with Crippen molar-refractivity contribution < 1.29 is 9.13 Å². The molecule has 1 aromatic rings. The molecule has 1 saturated carbocycles. The molecule has 2 N–H and O–H groups in total. The summed E-state index contributed by atoms with van der Waals surface area (Å²) < 4.78 is 18.2. The Bertz CT molecular complexity index is 426. The first-order valence-electron chi connectivity index (χ1n) is 4.74. The lowest BCUT2D eigenvalue weighted by molar-refractivity contribution is 0.278. The largest absolute Gasteiger partial charge is 0.490 e. The van der Waals surface area contributed by atoms with Gasteiger partial charge in [-0.3, -0.25) is 0 Å². The zero-order chi connectivity index (χ0) is 10.9. The highest BCUT2D eigenvalue weighted by atomic mass is 35.5. The standard InChI is InChI=1S/C11H11FN2O.ClH/c12-9-1-2-10(8(5-9)6-13)15-7-11(14)3-4-11;/h1-2,5H,3-4,7,14H2;1H. The van der Waals surface area contributed by atoms with Gasteiger partial charge in [0.2, 0.25) is 0 Å². The molecule has 5 heteroatoms. The topological polar surface area (TPSA) is 59.0 Å². The first-order valence-corrected chi connectivity index (χ1v) is 4.74. The molecular weight excluding hydrogens is 231 g/mol. The SMILES string of the molecule is Cl.N#Cc1cc(F)ccc1OCC1(N)CC1. The number of hydrogen-bond acceptors (Lipinski definition) is 3. The van der Waals surface area contributed by atoms with Crippen molar-refractivity contribution in [2.45, 2.75) is 18.4 Å². The highest BCUT2D eigenvalue weighted by Crippen LogP contribution is 2.33. The highest BCUT2D eigenvalue weighted by molar-refractivity contribution is 5.85. The summed E-state index contributed by atoms with van der Waals surface area (Å²) in [6.45, 7) is 0.382. The molecule has 1 fully saturated rings. The molecule has 0 saturated heterocycles. The summed E-state index contributed by atoms with van der Waals surface area (Å²) in [5.41, 5.74) is 5.81. The average Bonchev–Trinajstić information content (AvgIpc) is 2.95. The van der Waals surface area contributed by atoms with Gasteiger partial charge in [-0.15, -0.1) is 12.4 Å². The van der Waals surface area contributed by atoms with E-state index in [0.29, 0.717) is 12.4 Å². The van der Waals surface area contributed by atoms with Crippen molar-refractivity contribution in [3.8, 4) is 11.8 Å². The molecule has 0 heterocycles. The van der Waals surface area contributed by atoms with E-state index < -0.39 is 5.82 Å². The minimum absolute atomic E-state index is 0. The summed E-state index contributed by atoms with van der Waals surface area (Å²) in [5, 5.41) is 8.76. The van der Waals surface area contributed by atoms with E-state index in [1.54, 1.807) is 0 Å². The molecule has 16 heavy (non-hydrogen) atoms. The lowest BCUT2D eigenvalue weighted by Crippen LogP contribution is -2.29. The van der Waals surface area contributed by atoms with Gasteiger partial charge in [0, 0.05) is 0 Å². The number of benzene rings is 1. The first-order chi connectivity index (χ1) is 7.13. The van der Waals surface area contributed by atoms with Crippen LogP contribution in [0.1, 0.15) is 18.4 Å². The Labute approximate surface area is 99.4 Å². The van der Waals surface area contributed by atoms with Crippen molar-refractivity contribution in [1.82, 2.24) is 0 Å². The smallest absolute Gasteiger partial charge is 0.137 e. The van der Waals surface area contributed by atoms with Crippen LogP contribution in [0.3, 0.4) is 0 Å². The van der Waals surface area contributed by atoms with E-state index in [4.69, 9.17) is 15.7 Å². The minimum Gasteiger partial charge on any atom is -0.490 e. The molecule has 1 aliphatic carbocycles. The predicted molar refractivity (Wildman–Crippen MR) is 60.0 cm³/mol. The predicted octanol–water partition coefficient (Wildman–Crippen LogP) is 1.99. The summed E-state index contributed by atoms with van der Waals surface area (Å²) >= 11 is 0. The number of nitrogens with two attached hydrogens (primary N) is 1. The van der Waals surface area contributed by atoms with Gasteiger partial charge in [0.25, 0.3) is 0 Å². The molecule has 86 valence electrons. The zero-order valence-corrected chi connectivity index (χ0v) is 9.39. The Balaban J connectivity index is 0.00000128. The number of ether oxygens (including phenoxy) is 1. The molecule has 0 atom stereocenters. The quantitative estimate of drug-likeness (QED) is 0.882. The fraction of sp³-hybridized carbons (Fsp3) is 0.364. The summed E-state index contributed by atoms with van der Waals surface area (Å²) in [6, 6.07) is 5.77. The molecule has 2 rings (SSSR count). The minimum atomic E-state index is -0.437. The Morgan fingerprint density at radius 1 is 1.50 bits per heavy atom. The number of nitriles is 1. The monoisotopic (exact) mass is 242 g/mol. The Hall–Kier alpha value is -1.31. The molecular formula is C11H12ClFN2O. The first kappa shape index (κ1) is 12.8. The number of halogens is 2. The number of nitrogens with zero attached hydrogens (tertiary/aromatic N) is 1. The second-order valence-electron chi connectivity index (χ2n) is 3.90. The van der Waals surface area contributed by atoms with Crippen LogP contribution in [-0.2, 0) is 0 Å². The van der Waals surface area contributed by atoms with Crippen LogP contribution in [-0.4, -0.2) is 12.1 Å². The van der Waals surface area contributed by atoms with Gasteiger partial charge in [-0.1, -0.05) is 0 Å². The summed E-state index contributed by atoms with van der Waals surface area (Å²) in [6.07, 6.45) is 1.88. The fourth-order valence-corrected chi connectivity index (χ4v) is 1.24. The van der Waals surface area contributed by atoms with E-state index in [9.17, 15) is 4.39 Å².